The highest BCUT2D eigenvalue weighted by Crippen LogP contribution is 2.35. The fourth-order valence-corrected chi connectivity index (χ4v) is 5.98. The summed E-state index contributed by atoms with van der Waals surface area (Å²) in [6.45, 7) is 7.84. The summed E-state index contributed by atoms with van der Waals surface area (Å²) >= 11 is 0. The number of para-hydroxylation sites is 1. The van der Waals surface area contributed by atoms with Gasteiger partial charge in [-0.25, -0.2) is 9.78 Å². The molecular weight excluding hydrogens is 582 g/mol. The Morgan fingerprint density at radius 3 is 2.67 bits per heavy atom. The normalized spacial score (nSPS) is 14.7. The Hall–Kier alpha value is -5.12. The van der Waals surface area contributed by atoms with Crippen LogP contribution in [0.25, 0.3) is 32.8 Å². The Morgan fingerprint density at radius 2 is 1.85 bits per heavy atom. The number of aromatic nitrogens is 3. The first-order valence-corrected chi connectivity index (χ1v) is 15.7. The highest BCUT2D eigenvalue weighted by Gasteiger charge is 2.31. The van der Waals surface area contributed by atoms with Crippen molar-refractivity contribution in [1.29, 1.82) is 0 Å². The van der Waals surface area contributed by atoms with Crippen LogP contribution in [0.4, 0.5) is 10.6 Å². The van der Waals surface area contributed by atoms with Gasteiger partial charge in [0.15, 0.2) is 0 Å². The number of pyridine rings is 1. The number of rotatable bonds is 10. The molecule has 2 N–H and O–H groups in total. The van der Waals surface area contributed by atoms with Gasteiger partial charge in [-0.15, -0.1) is 0 Å². The minimum absolute atomic E-state index is 0.0202. The van der Waals surface area contributed by atoms with Gasteiger partial charge >= 0.3 is 12.1 Å². The van der Waals surface area contributed by atoms with Gasteiger partial charge in [0.2, 0.25) is 0 Å². The smallest absolute Gasteiger partial charge is 0.409 e. The van der Waals surface area contributed by atoms with Gasteiger partial charge in [-0.05, 0) is 60.0 Å². The third-order valence-electron chi connectivity index (χ3n) is 8.22. The number of hydrogen-bond donors (Lipinski definition) is 1. The number of carbonyl (C=O) groups is 2. The maximum absolute atomic E-state index is 12.7. The van der Waals surface area contributed by atoms with E-state index in [-0.39, 0.29) is 37.0 Å². The summed E-state index contributed by atoms with van der Waals surface area (Å²) in [5.74, 6) is 1.06. The lowest BCUT2D eigenvalue weighted by Crippen LogP contribution is -2.30. The molecule has 0 unspecified atom stereocenters. The molecule has 0 bridgehead atoms. The monoisotopic (exact) mass is 621 g/mol. The van der Waals surface area contributed by atoms with Crippen molar-refractivity contribution in [3.05, 3.63) is 84.2 Å². The van der Waals surface area contributed by atoms with Gasteiger partial charge in [0.1, 0.15) is 23.9 Å². The van der Waals surface area contributed by atoms with Crippen LogP contribution in [0.3, 0.4) is 0 Å². The summed E-state index contributed by atoms with van der Waals surface area (Å²) in [6, 6.07) is 21.8. The van der Waals surface area contributed by atoms with Gasteiger partial charge < -0.3 is 24.8 Å². The van der Waals surface area contributed by atoms with Crippen molar-refractivity contribution in [2.75, 3.05) is 32.0 Å². The van der Waals surface area contributed by atoms with E-state index >= 15 is 0 Å². The molecule has 0 saturated carbocycles. The molecule has 6 rings (SSSR count). The fraction of sp³-hybridized carbons (Fsp3) is 0.333. The topological polar surface area (TPSA) is 122 Å². The van der Waals surface area contributed by atoms with E-state index in [9.17, 15) is 9.59 Å². The van der Waals surface area contributed by atoms with E-state index in [1.54, 1.807) is 18.0 Å². The van der Waals surface area contributed by atoms with E-state index < -0.39 is 0 Å². The average Bonchev–Trinajstić information content (AvgIpc) is 3.68. The number of ether oxygens (including phenoxy) is 3. The molecule has 2 aromatic heterocycles. The first-order chi connectivity index (χ1) is 22.3. The molecule has 0 aliphatic carbocycles. The van der Waals surface area contributed by atoms with Crippen molar-refractivity contribution in [1.82, 2.24) is 19.7 Å². The number of likely N-dealkylation sites (tertiary alicyclic amines) is 1. The third-order valence-corrected chi connectivity index (χ3v) is 8.22. The number of anilines is 1. The summed E-state index contributed by atoms with van der Waals surface area (Å²) in [6.07, 6.45) is 2.31. The fourth-order valence-electron chi connectivity index (χ4n) is 5.98. The second-order valence-electron chi connectivity index (χ2n) is 12.0. The molecule has 1 saturated heterocycles. The quantitative estimate of drug-likeness (QED) is 0.174. The molecule has 1 aliphatic rings. The van der Waals surface area contributed by atoms with Crippen LogP contribution in [-0.4, -0.2) is 58.0 Å². The van der Waals surface area contributed by atoms with E-state index in [2.05, 4.69) is 29.2 Å². The zero-order valence-corrected chi connectivity index (χ0v) is 26.4. The molecular formula is C36H39N5O5. The number of carbonyl (C=O) groups excluding carboxylic acids is 2. The molecule has 3 heterocycles. The maximum Gasteiger partial charge on any atom is 0.409 e. The average molecular weight is 622 g/mol. The molecule has 10 heteroatoms. The van der Waals surface area contributed by atoms with Gasteiger partial charge in [-0.2, -0.15) is 5.10 Å². The predicted octanol–water partition coefficient (Wildman–Crippen LogP) is 6.56. The first-order valence-electron chi connectivity index (χ1n) is 15.7. The number of nitrogens with two attached hydrogens (primary N) is 1. The number of benzene rings is 3. The van der Waals surface area contributed by atoms with E-state index in [1.165, 1.54) is 0 Å². The molecule has 1 atom stereocenters. The SMILES string of the molecule is CCOC(=O)Cc1ccccc1OCc1nn([C@@H]2CCN(C(=O)OCC(C)C)C2)c2ccc(-c3cccc4c(N)nccc34)cc12. The number of fused-ring (bicyclic) bond motifs is 2. The number of hydrogen-bond acceptors (Lipinski definition) is 8. The van der Waals surface area contributed by atoms with Crippen molar-refractivity contribution in [2.24, 2.45) is 5.92 Å². The summed E-state index contributed by atoms with van der Waals surface area (Å²) in [7, 11) is 0. The van der Waals surface area contributed by atoms with Crippen LogP contribution in [0.1, 0.15) is 44.5 Å². The van der Waals surface area contributed by atoms with E-state index in [4.69, 9.17) is 25.0 Å². The second kappa shape index (κ2) is 13.5. The molecule has 0 radical (unpaired) electrons. The second-order valence-corrected chi connectivity index (χ2v) is 12.0. The summed E-state index contributed by atoms with van der Waals surface area (Å²) in [4.78, 5) is 31.0. The Labute approximate surface area is 268 Å². The molecule has 5 aromatic rings. The lowest BCUT2D eigenvalue weighted by atomic mass is 9.97. The van der Waals surface area contributed by atoms with E-state index in [0.29, 0.717) is 37.9 Å². The number of amides is 1. The molecule has 3 aromatic carbocycles. The van der Waals surface area contributed by atoms with Crippen LogP contribution in [0, 0.1) is 5.92 Å². The Bertz CT molecular complexity index is 1880. The Kier molecular flexibility index (Phi) is 9.05. The Balaban J connectivity index is 1.35. The molecule has 1 amide bonds. The van der Waals surface area contributed by atoms with Crippen LogP contribution in [0.15, 0.2) is 72.9 Å². The molecule has 46 heavy (non-hydrogen) atoms. The van der Waals surface area contributed by atoms with E-state index in [0.717, 1.165) is 50.5 Å². The maximum atomic E-state index is 12.7. The Morgan fingerprint density at radius 1 is 1.00 bits per heavy atom. The van der Waals surface area contributed by atoms with E-state index in [1.807, 2.05) is 61.0 Å². The number of nitrogen functional groups attached to an aromatic ring is 1. The van der Waals surface area contributed by atoms with Crippen molar-refractivity contribution >= 4 is 39.6 Å². The van der Waals surface area contributed by atoms with Crippen LogP contribution in [-0.2, 0) is 27.3 Å². The third kappa shape index (κ3) is 6.47. The number of nitrogens with zero attached hydrogens (tertiary/aromatic N) is 4. The zero-order chi connectivity index (χ0) is 32.2. The largest absolute Gasteiger partial charge is 0.487 e. The minimum atomic E-state index is -0.304. The van der Waals surface area contributed by atoms with Crippen molar-refractivity contribution in [2.45, 2.75) is 46.3 Å². The molecule has 0 spiro atoms. The van der Waals surface area contributed by atoms with Crippen LogP contribution in [0.5, 0.6) is 5.75 Å². The van der Waals surface area contributed by atoms with Crippen molar-refractivity contribution in [3.8, 4) is 16.9 Å². The van der Waals surface area contributed by atoms with Crippen LogP contribution < -0.4 is 10.5 Å². The van der Waals surface area contributed by atoms with Gasteiger partial charge in [-0.3, -0.25) is 9.48 Å². The molecule has 238 valence electrons. The summed E-state index contributed by atoms with van der Waals surface area (Å²) in [5, 5.41) is 7.93. The molecule has 1 fully saturated rings. The van der Waals surface area contributed by atoms with Crippen LogP contribution >= 0.6 is 0 Å². The van der Waals surface area contributed by atoms with Gasteiger partial charge in [0, 0.05) is 35.6 Å². The molecule has 1 aliphatic heterocycles. The minimum Gasteiger partial charge on any atom is -0.487 e. The predicted molar refractivity (Wildman–Crippen MR) is 177 cm³/mol. The zero-order valence-electron chi connectivity index (χ0n) is 26.4. The molecule has 10 nitrogen and oxygen atoms in total. The lowest BCUT2D eigenvalue weighted by molar-refractivity contribution is -0.142. The highest BCUT2D eigenvalue weighted by molar-refractivity contribution is 6.02. The standard InChI is InChI=1S/C36H39N5O5/c1-4-44-34(42)19-25-8-5-6-11-33(25)45-22-31-30-18-24(27-9-7-10-29-28(27)14-16-38-35(29)37)12-13-32(30)41(39-31)26-15-17-40(20-26)36(43)46-21-23(2)3/h5-14,16,18,23,26H,4,15,17,19-22H2,1-3H3,(H2,37,38)/t26-/m1/s1. The van der Waals surface area contributed by atoms with Crippen molar-refractivity contribution in [3.63, 3.8) is 0 Å². The van der Waals surface area contributed by atoms with Crippen LogP contribution in [0.2, 0.25) is 0 Å². The summed E-state index contributed by atoms with van der Waals surface area (Å²) in [5.41, 5.74) is 10.7. The van der Waals surface area contributed by atoms with Gasteiger partial charge in [0.05, 0.1) is 31.2 Å². The lowest BCUT2D eigenvalue weighted by Gasteiger charge is -2.18. The highest BCUT2D eigenvalue weighted by atomic mass is 16.6. The number of esters is 1. The van der Waals surface area contributed by atoms with Gasteiger partial charge in [0.25, 0.3) is 0 Å². The summed E-state index contributed by atoms with van der Waals surface area (Å²) < 4.78 is 19.0. The first kappa shape index (κ1) is 30.9. The van der Waals surface area contributed by atoms with Gasteiger partial charge in [-0.1, -0.05) is 56.3 Å². The van der Waals surface area contributed by atoms with Crippen molar-refractivity contribution < 1.29 is 23.8 Å².